The van der Waals surface area contributed by atoms with E-state index in [1.807, 2.05) is 78.9 Å². The molecule has 0 radical (unpaired) electrons. The summed E-state index contributed by atoms with van der Waals surface area (Å²) in [5.41, 5.74) is 2.00. The van der Waals surface area contributed by atoms with Gasteiger partial charge in [-0.25, -0.2) is 4.98 Å². The molecule has 28 heavy (non-hydrogen) atoms. The fourth-order valence-electron chi connectivity index (χ4n) is 2.70. The van der Waals surface area contributed by atoms with E-state index in [0.717, 1.165) is 17.2 Å². The topological polar surface area (TPSA) is 59.1 Å². The quantitative estimate of drug-likeness (QED) is 0.443. The van der Waals surface area contributed by atoms with Crippen LogP contribution >= 0.6 is 0 Å². The monoisotopic (exact) mass is 368 g/mol. The van der Waals surface area contributed by atoms with Crippen LogP contribution in [0.2, 0.25) is 0 Å². The summed E-state index contributed by atoms with van der Waals surface area (Å²) in [6, 6.07) is 29.4. The van der Waals surface area contributed by atoms with E-state index < -0.39 is 0 Å². The minimum atomic E-state index is 0.565. The molecule has 0 fully saturated rings. The van der Waals surface area contributed by atoms with Crippen LogP contribution < -0.4 is 15.4 Å². The van der Waals surface area contributed by atoms with Gasteiger partial charge in [-0.1, -0.05) is 60.7 Å². The van der Waals surface area contributed by atoms with Gasteiger partial charge in [0.2, 0.25) is 5.95 Å². The standard InChI is InChI=1S/C23H20N4O/c1-3-9-18(10-4-1)17-25-23-24-16-15-22(27-23)26-20-13-7-8-14-21(20)28-19-11-5-2-6-12-19/h1-16H,17H2,(H2,24,25,26,27). The summed E-state index contributed by atoms with van der Waals surface area (Å²) >= 11 is 0. The van der Waals surface area contributed by atoms with Gasteiger partial charge in [-0.05, 0) is 35.9 Å². The lowest BCUT2D eigenvalue weighted by atomic mass is 10.2. The van der Waals surface area contributed by atoms with Crippen molar-refractivity contribution in [3.8, 4) is 11.5 Å². The van der Waals surface area contributed by atoms with Gasteiger partial charge in [0.05, 0.1) is 5.69 Å². The summed E-state index contributed by atoms with van der Waals surface area (Å²) in [6.07, 6.45) is 1.73. The van der Waals surface area contributed by atoms with Crippen molar-refractivity contribution in [2.75, 3.05) is 10.6 Å². The zero-order valence-electron chi connectivity index (χ0n) is 15.2. The van der Waals surface area contributed by atoms with Crippen LogP contribution in [-0.2, 0) is 6.54 Å². The van der Waals surface area contributed by atoms with Gasteiger partial charge < -0.3 is 15.4 Å². The lowest BCUT2D eigenvalue weighted by molar-refractivity contribution is 0.485. The van der Waals surface area contributed by atoms with Gasteiger partial charge in [0.1, 0.15) is 11.6 Å². The summed E-state index contributed by atoms with van der Waals surface area (Å²) < 4.78 is 6.00. The Bertz CT molecular complexity index is 1020. The molecule has 1 heterocycles. The number of hydrogen-bond acceptors (Lipinski definition) is 5. The van der Waals surface area contributed by atoms with E-state index >= 15 is 0 Å². The Hall–Kier alpha value is -3.86. The fourth-order valence-corrected chi connectivity index (χ4v) is 2.70. The lowest BCUT2D eigenvalue weighted by Crippen LogP contribution is -2.05. The first-order valence-corrected chi connectivity index (χ1v) is 9.07. The van der Waals surface area contributed by atoms with Crippen LogP contribution in [0.3, 0.4) is 0 Å². The number of para-hydroxylation sites is 3. The van der Waals surface area contributed by atoms with Crippen molar-refractivity contribution < 1.29 is 4.74 Å². The van der Waals surface area contributed by atoms with Gasteiger partial charge in [0.25, 0.3) is 0 Å². The van der Waals surface area contributed by atoms with Crippen molar-refractivity contribution in [2.45, 2.75) is 6.54 Å². The van der Waals surface area contributed by atoms with Crippen LogP contribution in [0.25, 0.3) is 0 Å². The van der Waals surface area contributed by atoms with Gasteiger partial charge in [-0.3, -0.25) is 0 Å². The number of anilines is 3. The molecule has 0 aliphatic heterocycles. The van der Waals surface area contributed by atoms with Crippen LogP contribution in [0, 0.1) is 0 Å². The zero-order chi connectivity index (χ0) is 19.0. The summed E-state index contributed by atoms with van der Waals surface area (Å²) in [4.78, 5) is 8.84. The highest BCUT2D eigenvalue weighted by Gasteiger charge is 2.06. The number of hydrogen-bond donors (Lipinski definition) is 2. The number of benzene rings is 3. The van der Waals surface area contributed by atoms with Gasteiger partial charge in [-0.15, -0.1) is 0 Å². The molecule has 4 aromatic rings. The minimum absolute atomic E-state index is 0.565. The molecule has 0 saturated heterocycles. The van der Waals surface area contributed by atoms with Gasteiger partial charge in [0.15, 0.2) is 5.75 Å². The number of ether oxygens (including phenoxy) is 1. The molecule has 1 aromatic heterocycles. The van der Waals surface area contributed by atoms with Crippen LogP contribution in [-0.4, -0.2) is 9.97 Å². The second-order valence-electron chi connectivity index (χ2n) is 6.14. The summed E-state index contributed by atoms with van der Waals surface area (Å²) in [5.74, 6) is 2.76. The molecule has 0 bridgehead atoms. The molecule has 138 valence electrons. The molecule has 0 aliphatic carbocycles. The van der Waals surface area contributed by atoms with Crippen molar-refractivity contribution in [3.63, 3.8) is 0 Å². The molecule has 2 N–H and O–H groups in total. The highest BCUT2D eigenvalue weighted by molar-refractivity contribution is 5.65. The van der Waals surface area contributed by atoms with Gasteiger partial charge in [-0.2, -0.15) is 4.98 Å². The first kappa shape index (κ1) is 17.5. The van der Waals surface area contributed by atoms with Gasteiger partial charge in [0, 0.05) is 12.7 Å². The van der Waals surface area contributed by atoms with Crippen LogP contribution in [0.5, 0.6) is 11.5 Å². The first-order valence-electron chi connectivity index (χ1n) is 9.07. The zero-order valence-corrected chi connectivity index (χ0v) is 15.2. The minimum Gasteiger partial charge on any atom is -0.455 e. The average molecular weight is 368 g/mol. The third-order valence-electron chi connectivity index (χ3n) is 4.07. The molecule has 0 spiro atoms. The van der Waals surface area contributed by atoms with Crippen LogP contribution in [0.1, 0.15) is 5.56 Å². The molecule has 0 aliphatic rings. The lowest BCUT2D eigenvalue weighted by Gasteiger charge is -2.13. The maximum atomic E-state index is 6.00. The molecule has 5 heteroatoms. The molecule has 5 nitrogen and oxygen atoms in total. The van der Waals surface area contributed by atoms with Crippen molar-refractivity contribution in [3.05, 3.63) is 103 Å². The maximum absolute atomic E-state index is 6.00. The van der Waals surface area contributed by atoms with E-state index in [-0.39, 0.29) is 0 Å². The second kappa shape index (κ2) is 8.68. The number of aromatic nitrogens is 2. The highest BCUT2D eigenvalue weighted by Crippen LogP contribution is 2.31. The maximum Gasteiger partial charge on any atom is 0.224 e. The Morgan fingerprint density at radius 3 is 2.29 bits per heavy atom. The molecule has 0 atom stereocenters. The van der Waals surface area contributed by atoms with E-state index in [1.165, 1.54) is 5.56 Å². The highest BCUT2D eigenvalue weighted by atomic mass is 16.5. The molecule has 0 amide bonds. The van der Waals surface area contributed by atoms with Crippen molar-refractivity contribution in [2.24, 2.45) is 0 Å². The van der Waals surface area contributed by atoms with Gasteiger partial charge >= 0.3 is 0 Å². The largest absolute Gasteiger partial charge is 0.455 e. The number of nitrogens with zero attached hydrogens (tertiary/aromatic N) is 2. The smallest absolute Gasteiger partial charge is 0.224 e. The van der Waals surface area contributed by atoms with Crippen molar-refractivity contribution >= 4 is 17.5 Å². The molecular formula is C23H20N4O. The Balaban J connectivity index is 1.47. The average Bonchev–Trinajstić information content (AvgIpc) is 2.75. The first-order chi connectivity index (χ1) is 13.9. The Labute approximate surface area is 164 Å². The molecule has 3 aromatic carbocycles. The van der Waals surface area contributed by atoms with E-state index in [4.69, 9.17) is 4.74 Å². The molecule has 4 rings (SSSR count). The summed E-state index contributed by atoms with van der Waals surface area (Å²) in [5, 5.41) is 6.56. The predicted molar refractivity (Wildman–Crippen MR) is 112 cm³/mol. The van der Waals surface area contributed by atoms with Crippen molar-refractivity contribution in [1.29, 1.82) is 0 Å². The van der Waals surface area contributed by atoms with Crippen LogP contribution in [0.4, 0.5) is 17.5 Å². The van der Waals surface area contributed by atoms with Crippen LogP contribution in [0.15, 0.2) is 97.2 Å². The Morgan fingerprint density at radius 1 is 0.750 bits per heavy atom. The summed E-state index contributed by atoms with van der Waals surface area (Å²) in [6.45, 7) is 0.665. The van der Waals surface area contributed by atoms with E-state index in [2.05, 4.69) is 32.7 Å². The SMILES string of the molecule is c1ccc(CNc2nccc(Nc3ccccc3Oc3ccccc3)n2)cc1. The predicted octanol–water partition coefficient (Wildman–Crippen LogP) is 5.62. The number of nitrogens with one attached hydrogen (secondary N) is 2. The molecule has 0 saturated carbocycles. The fraction of sp³-hybridized carbons (Fsp3) is 0.0435. The Morgan fingerprint density at radius 2 is 1.46 bits per heavy atom. The van der Waals surface area contributed by atoms with E-state index in [1.54, 1.807) is 6.20 Å². The third kappa shape index (κ3) is 4.65. The van der Waals surface area contributed by atoms with E-state index in [0.29, 0.717) is 18.3 Å². The second-order valence-corrected chi connectivity index (χ2v) is 6.14. The third-order valence-corrected chi connectivity index (χ3v) is 4.07. The molecular weight excluding hydrogens is 348 g/mol. The van der Waals surface area contributed by atoms with E-state index in [9.17, 15) is 0 Å². The Kier molecular flexibility index (Phi) is 5.44. The molecule has 0 unspecified atom stereocenters. The number of rotatable bonds is 7. The normalized spacial score (nSPS) is 10.3. The summed E-state index contributed by atoms with van der Waals surface area (Å²) in [7, 11) is 0. The van der Waals surface area contributed by atoms with Crippen molar-refractivity contribution in [1.82, 2.24) is 9.97 Å².